The van der Waals surface area contributed by atoms with E-state index in [1.54, 1.807) is 53.9 Å². The third-order valence-electron chi connectivity index (χ3n) is 4.75. The fourth-order valence-electron chi connectivity index (χ4n) is 3.27. The molecular formula is C22H16ClN3O5S. The SMILES string of the molecule is COC(=O)c1ccccc1NC(=O)Cn1c(=O)n(-c2ccc(Cl)cc2)c(=O)c2sccc21. The quantitative estimate of drug-likeness (QED) is 0.452. The van der Waals surface area contributed by atoms with Crippen molar-refractivity contribution >= 4 is 50.7 Å². The van der Waals surface area contributed by atoms with E-state index in [4.69, 9.17) is 16.3 Å². The Morgan fingerprint density at radius 2 is 1.78 bits per heavy atom. The van der Waals surface area contributed by atoms with E-state index in [0.29, 0.717) is 20.9 Å². The number of para-hydroxylation sites is 1. The fourth-order valence-corrected chi connectivity index (χ4v) is 4.22. The first kappa shape index (κ1) is 21.5. The molecule has 32 heavy (non-hydrogen) atoms. The molecule has 0 fully saturated rings. The molecule has 10 heteroatoms. The largest absolute Gasteiger partial charge is 0.465 e. The number of esters is 1. The molecule has 1 N–H and O–H groups in total. The highest BCUT2D eigenvalue weighted by Crippen LogP contribution is 2.19. The molecule has 0 radical (unpaired) electrons. The van der Waals surface area contributed by atoms with Crippen molar-refractivity contribution in [3.8, 4) is 5.69 Å². The van der Waals surface area contributed by atoms with Crippen LogP contribution in [0.15, 0.2) is 69.6 Å². The number of rotatable bonds is 5. The van der Waals surface area contributed by atoms with Crippen LogP contribution < -0.4 is 16.6 Å². The lowest BCUT2D eigenvalue weighted by Gasteiger charge is -2.13. The predicted molar refractivity (Wildman–Crippen MR) is 123 cm³/mol. The summed E-state index contributed by atoms with van der Waals surface area (Å²) in [4.78, 5) is 51.0. The van der Waals surface area contributed by atoms with Gasteiger partial charge in [-0.15, -0.1) is 11.3 Å². The summed E-state index contributed by atoms with van der Waals surface area (Å²) in [7, 11) is 1.24. The summed E-state index contributed by atoms with van der Waals surface area (Å²) < 4.78 is 7.30. The molecule has 0 saturated carbocycles. The molecule has 0 aliphatic carbocycles. The second kappa shape index (κ2) is 8.81. The smallest absolute Gasteiger partial charge is 0.339 e. The Balaban J connectivity index is 1.76. The standard InChI is InChI=1S/C22H16ClN3O5S/c1-31-21(29)15-4-2-3-5-16(15)24-18(27)12-25-17-10-11-32-19(17)20(28)26(22(25)30)14-8-6-13(23)7-9-14/h2-11H,12H2,1H3,(H,24,27). The number of ether oxygens (including phenoxy) is 1. The number of benzene rings is 2. The number of hydrogen-bond donors (Lipinski definition) is 1. The average molecular weight is 470 g/mol. The Labute approximate surface area is 190 Å². The van der Waals surface area contributed by atoms with Gasteiger partial charge in [0.25, 0.3) is 5.56 Å². The molecule has 0 saturated heterocycles. The molecular weight excluding hydrogens is 454 g/mol. The van der Waals surface area contributed by atoms with Crippen molar-refractivity contribution in [3.05, 3.63) is 91.4 Å². The highest BCUT2D eigenvalue weighted by molar-refractivity contribution is 7.17. The van der Waals surface area contributed by atoms with Crippen molar-refractivity contribution in [2.45, 2.75) is 6.54 Å². The van der Waals surface area contributed by atoms with Gasteiger partial charge >= 0.3 is 11.7 Å². The van der Waals surface area contributed by atoms with Gasteiger partial charge in [-0.05, 0) is 47.8 Å². The van der Waals surface area contributed by atoms with Crippen molar-refractivity contribution < 1.29 is 14.3 Å². The van der Waals surface area contributed by atoms with Gasteiger partial charge in [-0.1, -0.05) is 23.7 Å². The van der Waals surface area contributed by atoms with Crippen LogP contribution in [0.5, 0.6) is 0 Å². The summed E-state index contributed by atoms with van der Waals surface area (Å²) in [6, 6.07) is 14.3. The van der Waals surface area contributed by atoms with Gasteiger partial charge in [0.2, 0.25) is 5.91 Å². The van der Waals surface area contributed by atoms with E-state index in [-0.39, 0.29) is 17.8 Å². The van der Waals surface area contributed by atoms with E-state index in [1.807, 2.05) is 0 Å². The lowest BCUT2D eigenvalue weighted by atomic mass is 10.2. The summed E-state index contributed by atoms with van der Waals surface area (Å²) in [5.41, 5.74) is -0.0151. The van der Waals surface area contributed by atoms with Crippen LogP contribution in [0.25, 0.3) is 15.9 Å². The number of aromatic nitrogens is 2. The third-order valence-corrected chi connectivity index (χ3v) is 5.89. The van der Waals surface area contributed by atoms with Crippen LogP contribution in [0.1, 0.15) is 10.4 Å². The highest BCUT2D eigenvalue weighted by Gasteiger charge is 2.19. The van der Waals surface area contributed by atoms with E-state index in [9.17, 15) is 19.2 Å². The Morgan fingerprint density at radius 3 is 2.50 bits per heavy atom. The van der Waals surface area contributed by atoms with Crippen LogP contribution in [0.3, 0.4) is 0 Å². The normalized spacial score (nSPS) is 10.8. The summed E-state index contributed by atoms with van der Waals surface area (Å²) in [5, 5.41) is 4.78. The zero-order valence-electron chi connectivity index (χ0n) is 16.7. The van der Waals surface area contributed by atoms with E-state index < -0.39 is 23.1 Å². The topological polar surface area (TPSA) is 99.4 Å². The number of carbonyl (C=O) groups excluding carboxylic acids is 2. The number of anilines is 1. The molecule has 1 amide bonds. The van der Waals surface area contributed by atoms with Crippen LogP contribution in [0.4, 0.5) is 5.69 Å². The first-order chi connectivity index (χ1) is 15.4. The molecule has 4 rings (SSSR count). The molecule has 8 nitrogen and oxygen atoms in total. The van der Waals surface area contributed by atoms with Gasteiger partial charge in [-0.25, -0.2) is 14.2 Å². The lowest BCUT2D eigenvalue weighted by molar-refractivity contribution is -0.116. The van der Waals surface area contributed by atoms with Crippen molar-refractivity contribution in [2.75, 3.05) is 12.4 Å². The Bertz CT molecular complexity index is 1450. The molecule has 4 aromatic rings. The minimum atomic E-state index is -0.667. The van der Waals surface area contributed by atoms with Crippen molar-refractivity contribution in [1.82, 2.24) is 9.13 Å². The number of nitrogens with one attached hydrogen (secondary N) is 1. The molecule has 2 heterocycles. The van der Waals surface area contributed by atoms with Gasteiger partial charge < -0.3 is 10.1 Å². The maximum atomic E-state index is 13.2. The molecule has 2 aromatic carbocycles. The predicted octanol–water partition coefficient (Wildman–Crippen LogP) is 3.29. The minimum absolute atomic E-state index is 0.183. The number of nitrogens with zero attached hydrogens (tertiary/aromatic N) is 2. The molecule has 162 valence electrons. The second-order valence-corrected chi connectivity index (χ2v) is 8.06. The van der Waals surface area contributed by atoms with Gasteiger partial charge in [0.1, 0.15) is 11.2 Å². The lowest BCUT2D eigenvalue weighted by Crippen LogP contribution is -2.40. The first-order valence-corrected chi connectivity index (χ1v) is 10.6. The number of fused-ring (bicyclic) bond motifs is 1. The molecule has 0 spiro atoms. The van der Waals surface area contributed by atoms with Gasteiger partial charge in [-0.2, -0.15) is 0 Å². The van der Waals surface area contributed by atoms with Crippen LogP contribution in [0, 0.1) is 0 Å². The number of amides is 1. The number of hydrogen-bond acceptors (Lipinski definition) is 6. The molecule has 2 aromatic heterocycles. The maximum absolute atomic E-state index is 13.2. The maximum Gasteiger partial charge on any atom is 0.339 e. The van der Waals surface area contributed by atoms with E-state index in [1.165, 1.54) is 29.1 Å². The minimum Gasteiger partial charge on any atom is -0.465 e. The van der Waals surface area contributed by atoms with Crippen LogP contribution in [0.2, 0.25) is 5.02 Å². The zero-order chi connectivity index (χ0) is 22.8. The highest BCUT2D eigenvalue weighted by atomic mass is 35.5. The summed E-state index contributed by atoms with van der Waals surface area (Å²) in [5.74, 6) is -1.15. The summed E-state index contributed by atoms with van der Waals surface area (Å²) in [6.07, 6.45) is 0. The second-order valence-electron chi connectivity index (χ2n) is 6.71. The van der Waals surface area contributed by atoms with E-state index in [2.05, 4.69) is 5.32 Å². The summed E-state index contributed by atoms with van der Waals surface area (Å²) in [6.45, 7) is -0.366. The van der Waals surface area contributed by atoms with Crippen molar-refractivity contribution in [3.63, 3.8) is 0 Å². The number of carbonyl (C=O) groups is 2. The number of thiophene rings is 1. The zero-order valence-corrected chi connectivity index (χ0v) is 18.3. The average Bonchev–Trinajstić information content (AvgIpc) is 3.28. The molecule has 0 aliphatic heterocycles. The van der Waals surface area contributed by atoms with E-state index in [0.717, 1.165) is 4.57 Å². The monoisotopic (exact) mass is 469 g/mol. The van der Waals surface area contributed by atoms with Crippen LogP contribution in [-0.4, -0.2) is 28.1 Å². The summed E-state index contributed by atoms with van der Waals surface area (Å²) >= 11 is 7.10. The van der Waals surface area contributed by atoms with Crippen LogP contribution >= 0.6 is 22.9 Å². The van der Waals surface area contributed by atoms with Gasteiger partial charge in [0, 0.05) is 5.02 Å². The molecule has 0 atom stereocenters. The van der Waals surface area contributed by atoms with Gasteiger partial charge in [0.15, 0.2) is 0 Å². The van der Waals surface area contributed by atoms with Crippen molar-refractivity contribution in [2.24, 2.45) is 0 Å². The van der Waals surface area contributed by atoms with Crippen molar-refractivity contribution in [1.29, 1.82) is 0 Å². The Morgan fingerprint density at radius 1 is 1.06 bits per heavy atom. The number of methoxy groups -OCH3 is 1. The molecule has 0 bridgehead atoms. The fraction of sp³-hybridized carbons (Fsp3) is 0.0909. The Hall–Kier alpha value is -3.69. The van der Waals surface area contributed by atoms with Gasteiger partial charge in [0.05, 0.1) is 29.6 Å². The Kier molecular flexibility index (Phi) is 5.93. The first-order valence-electron chi connectivity index (χ1n) is 9.37. The molecule has 0 unspecified atom stereocenters. The van der Waals surface area contributed by atoms with E-state index >= 15 is 0 Å². The molecule has 0 aliphatic rings. The number of halogens is 1. The van der Waals surface area contributed by atoms with Gasteiger partial charge in [-0.3, -0.25) is 14.2 Å². The third kappa shape index (κ3) is 3.95. The van der Waals surface area contributed by atoms with Crippen LogP contribution in [-0.2, 0) is 16.1 Å².